The lowest BCUT2D eigenvalue weighted by atomic mass is 9.72. The number of rotatable bonds is 4. The van der Waals surface area contributed by atoms with Crippen LogP contribution in [-0.4, -0.2) is 37.1 Å². The molecule has 1 fully saturated rings. The van der Waals surface area contributed by atoms with Crippen molar-refractivity contribution in [2.24, 2.45) is 5.41 Å². The Morgan fingerprint density at radius 3 is 2.53 bits per heavy atom. The van der Waals surface area contributed by atoms with Crippen LogP contribution in [0.4, 0.5) is 0 Å². The Morgan fingerprint density at radius 1 is 1.33 bits per heavy atom. The van der Waals surface area contributed by atoms with Crippen molar-refractivity contribution in [2.75, 3.05) is 20.1 Å². The zero-order valence-corrected chi connectivity index (χ0v) is 11.1. The molecule has 0 amide bonds. The predicted molar refractivity (Wildman–Crippen MR) is 67.2 cm³/mol. The molecule has 90 valence electrons. The van der Waals surface area contributed by atoms with Gasteiger partial charge in [0.1, 0.15) is 0 Å². The van der Waals surface area contributed by atoms with Crippen molar-refractivity contribution in [3.05, 3.63) is 0 Å². The first-order valence-corrected chi connectivity index (χ1v) is 6.44. The van der Waals surface area contributed by atoms with Gasteiger partial charge >= 0.3 is 0 Å². The molecule has 1 saturated carbocycles. The molecule has 0 saturated heterocycles. The first kappa shape index (κ1) is 13.0. The zero-order chi connectivity index (χ0) is 11.5. The van der Waals surface area contributed by atoms with Crippen LogP contribution in [0.3, 0.4) is 0 Å². The molecule has 1 N–H and O–H groups in total. The third-order valence-corrected chi connectivity index (χ3v) is 3.89. The topological polar surface area (TPSA) is 15.3 Å². The highest BCUT2D eigenvalue weighted by Gasteiger charge is 2.35. The average Bonchev–Trinajstić information content (AvgIpc) is 2.19. The van der Waals surface area contributed by atoms with Gasteiger partial charge in [0.15, 0.2) is 0 Å². The van der Waals surface area contributed by atoms with E-state index in [4.69, 9.17) is 0 Å². The SMILES string of the molecule is CCNC1CCC(C)(C)CC1N(C)CC. The summed E-state index contributed by atoms with van der Waals surface area (Å²) >= 11 is 0. The Kier molecular flexibility index (Phi) is 4.60. The molecule has 1 rings (SSSR count). The number of hydrogen-bond donors (Lipinski definition) is 1. The van der Waals surface area contributed by atoms with E-state index in [-0.39, 0.29) is 0 Å². The molecule has 0 aliphatic heterocycles. The summed E-state index contributed by atoms with van der Waals surface area (Å²) in [5, 5.41) is 3.65. The number of hydrogen-bond acceptors (Lipinski definition) is 2. The lowest BCUT2D eigenvalue weighted by molar-refractivity contribution is 0.0860. The first-order valence-electron chi connectivity index (χ1n) is 6.44. The molecule has 0 spiro atoms. The Bertz CT molecular complexity index is 189. The van der Waals surface area contributed by atoms with Gasteiger partial charge in [0.2, 0.25) is 0 Å². The molecule has 0 radical (unpaired) electrons. The molecule has 1 aliphatic carbocycles. The maximum atomic E-state index is 3.65. The second kappa shape index (κ2) is 5.31. The molecule has 1 aliphatic rings. The van der Waals surface area contributed by atoms with E-state index in [1.54, 1.807) is 0 Å². The average molecular weight is 212 g/mol. The molecule has 2 unspecified atom stereocenters. The van der Waals surface area contributed by atoms with Gasteiger partial charge in [-0.05, 0) is 44.8 Å². The molecule has 0 aromatic carbocycles. The highest BCUT2D eigenvalue weighted by atomic mass is 15.2. The standard InChI is InChI=1S/C13H28N2/c1-6-14-11-8-9-13(3,4)10-12(11)15(5)7-2/h11-12,14H,6-10H2,1-5H3. The van der Waals surface area contributed by atoms with Crippen LogP contribution >= 0.6 is 0 Å². The van der Waals surface area contributed by atoms with Crippen LogP contribution in [0.5, 0.6) is 0 Å². The summed E-state index contributed by atoms with van der Waals surface area (Å²) in [4.78, 5) is 2.51. The first-order chi connectivity index (χ1) is 7.00. The highest BCUT2D eigenvalue weighted by Crippen LogP contribution is 2.37. The third-order valence-electron chi connectivity index (χ3n) is 3.89. The Hall–Kier alpha value is -0.0800. The maximum absolute atomic E-state index is 3.65. The highest BCUT2D eigenvalue weighted by molar-refractivity contribution is 4.93. The minimum absolute atomic E-state index is 0.528. The molecular formula is C13H28N2. The smallest absolute Gasteiger partial charge is 0.0251 e. The van der Waals surface area contributed by atoms with Gasteiger partial charge in [-0.3, -0.25) is 0 Å². The normalized spacial score (nSPS) is 30.8. The lowest BCUT2D eigenvalue weighted by Gasteiger charge is -2.45. The zero-order valence-electron chi connectivity index (χ0n) is 11.1. The molecule has 0 heterocycles. The van der Waals surface area contributed by atoms with Crippen LogP contribution in [0.2, 0.25) is 0 Å². The van der Waals surface area contributed by atoms with Gasteiger partial charge < -0.3 is 10.2 Å². The van der Waals surface area contributed by atoms with Gasteiger partial charge in [-0.2, -0.15) is 0 Å². The number of nitrogens with one attached hydrogen (secondary N) is 1. The van der Waals surface area contributed by atoms with Gasteiger partial charge in [0.25, 0.3) is 0 Å². The van der Waals surface area contributed by atoms with Crippen LogP contribution in [0.25, 0.3) is 0 Å². The van der Waals surface area contributed by atoms with Crippen LogP contribution in [0.1, 0.15) is 47.0 Å². The Balaban J connectivity index is 2.64. The Morgan fingerprint density at radius 2 is 2.00 bits per heavy atom. The largest absolute Gasteiger partial charge is 0.313 e. The van der Waals surface area contributed by atoms with Crippen molar-refractivity contribution < 1.29 is 0 Å². The van der Waals surface area contributed by atoms with E-state index in [1.807, 2.05) is 0 Å². The van der Waals surface area contributed by atoms with Crippen molar-refractivity contribution in [3.8, 4) is 0 Å². The fraction of sp³-hybridized carbons (Fsp3) is 1.00. The van der Waals surface area contributed by atoms with Crippen molar-refractivity contribution in [1.82, 2.24) is 10.2 Å². The number of nitrogens with zero attached hydrogens (tertiary/aromatic N) is 1. The van der Waals surface area contributed by atoms with Crippen LogP contribution < -0.4 is 5.32 Å². The van der Waals surface area contributed by atoms with Crippen LogP contribution in [0, 0.1) is 5.41 Å². The summed E-state index contributed by atoms with van der Waals surface area (Å²) in [5.41, 5.74) is 0.528. The summed E-state index contributed by atoms with van der Waals surface area (Å²) < 4.78 is 0. The van der Waals surface area contributed by atoms with E-state index < -0.39 is 0 Å². The van der Waals surface area contributed by atoms with Crippen LogP contribution in [-0.2, 0) is 0 Å². The van der Waals surface area contributed by atoms with Crippen LogP contribution in [0.15, 0.2) is 0 Å². The Labute approximate surface area is 95.4 Å². The molecule has 0 bridgehead atoms. The third kappa shape index (κ3) is 3.46. The molecule has 2 heteroatoms. The van der Waals surface area contributed by atoms with Gasteiger partial charge in [-0.1, -0.05) is 27.7 Å². The van der Waals surface area contributed by atoms with E-state index in [0.717, 1.165) is 19.1 Å². The second-order valence-electron chi connectivity index (χ2n) is 5.71. The summed E-state index contributed by atoms with van der Waals surface area (Å²) in [5.74, 6) is 0. The van der Waals surface area contributed by atoms with Gasteiger partial charge in [-0.25, -0.2) is 0 Å². The molecule has 2 atom stereocenters. The second-order valence-corrected chi connectivity index (χ2v) is 5.71. The fourth-order valence-electron chi connectivity index (χ4n) is 2.75. The lowest BCUT2D eigenvalue weighted by Crippen LogP contribution is -2.53. The summed E-state index contributed by atoms with van der Waals surface area (Å²) in [6, 6.07) is 1.42. The minimum Gasteiger partial charge on any atom is -0.313 e. The van der Waals surface area contributed by atoms with Crippen molar-refractivity contribution in [2.45, 2.75) is 59.0 Å². The molecule has 15 heavy (non-hydrogen) atoms. The van der Waals surface area contributed by atoms with E-state index in [2.05, 4.69) is 45.0 Å². The summed E-state index contributed by atoms with van der Waals surface area (Å²) in [6.07, 6.45) is 4.02. The summed E-state index contributed by atoms with van der Waals surface area (Å²) in [6.45, 7) is 11.5. The fourth-order valence-corrected chi connectivity index (χ4v) is 2.75. The number of likely N-dealkylation sites (N-methyl/N-ethyl adjacent to an activating group) is 2. The molecule has 0 aromatic rings. The summed E-state index contributed by atoms with van der Waals surface area (Å²) in [7, 11) is 2.26. The minimum atomic E-state index is 0.528. The van der Waals surface area contributed by atoms with Crippen molar-refractivity contribution in [1.29, 1.82) is 0 Å². The molecule has 0 aromatic heterocycles. The van der Waals surface area contributed by atoms with Gasteiger partial charge in [-0.15, -0.1) is 0 Å². The molecule has 2 nitrogen and oxygen atoms in total. The van der Waals surface area contributed by atoms with Gasteiger partial charge in [0.05, 0.1) is 0 Å². The van der Waals surface area contributed by atoms with E-state index in [9.17, 15) is 0 Å². The van der Waals surface area contributed by atoms with Crippen molar-refractivity contribution in [3.63, 3.8) is 0 Å². The van der Waals surface area contributed by atoms with E-state index >= 15 is 0 Å². The van der Waals surface area contributed by atoms with Crippen molar-refractivity contribution >= 4 is 0 Å². The van der Waals surface area contributed by atoms with E-state index in [0.29, 0.717) is 11.5 Å². The predicted octanol–water partition coefficient (Wildman–Crippen LogP) is 2.49. The quantitative estimate of drug-likeness (QED) is 0.770. The van der Waals surface area contributed by atoms with E-state index in [1.165, 1.54) is 19.3 Å². The van der Waals surface area contributed by atoms with Gasteiger partial charge in [0, 0.05) is 12.1 Å². The maximum Gasteiger partial charge on any atom is 0.0251 e. The monoisotopic (exact) mass is 212 g/mol. The molecular weight excluding hydrogens is 184 g/mol.